The molecular weight excluding hydrogens is 168 g/mol. The molecule has 0 radical (unpaired) electrons. The molecule has 0 aromatic rings. The maximum absolute atomic E-state index is 3.30. The van der Waals surface area contributed by atoms with Crippen LogP contribution in [-0.4, -0.2) is 0 Å². The van der Waals surface area contributed by atoms with E-state index in [-0.39, 0.29) is 21.7 Å². The van der Waals surface area contributed by atoms with Gasteiger partial charge in [-0.2, -0.15) is 6.08 Å². The van der Waals surface area contributed by atoms with E-state index in [0.717, 1.165) is 6.42 Å². The van der Waals surface area contributed by atoms with E-state index in [4.69, 9.17) is 0 Å². The van der Waals surface area contributed by atoms with Crippen molar-refractivity contribution in [2.45, 2.75) is 39.5 Å². The van der Waals surface area contributed by atoms with E-state index in [1.54, 1.807) is 0 Å². The Morgan fingerprint density at radius 1 is 1.55 bits per heavy atom. The monoisotopic (exact) mass is 183 g/mol. The fourth-order valence-corrected chi connectivity index (χ4v) is 1.21. The Hall–Kier alpha value is 0.194. The molecule has 0 aliphatic heterocycles. The Balaban J connectivity index is 0.000001000. The minimum Gasteiger partial charge on any atom is -0.253 e. The molecule has 60 valence electrons. The van der Waals surface area contributed by atoms with Crippen LogP contribution in [0.15, 0.2) is 17.2 Å². The van der Waals surface area contributed by atoms with E-state index in [2.05, 4.69) is 26.0 Å². The summed E-state index contributed by atoms with van der Waals surface area (Å²) < 4.78 is 0. The molecule has 0 nitrogen and oxygen atoms in total. The molecule has 0 amide bonds. The molecule has 1 rings (SSSR count). The van der Waals surface area contributed by atoms with Gasteiger partial charge in [-0.3, -0.25) is 6.08 Å². The van der Waals surface area contributed by atoms with Gasteiger partial charge in [0.2, 0.25) is 0 Å². The molecule has 0 N–H and O–H groups in total. The van der Waals surface area contributed by atoms with Gasteiger partial charge in [0.25, 0.3) is 0 Å². The van der Waals surface area contributed by atoms with Gasteiger partial charge in [-0.05, 0) is 0 Å². The zero-order valence-corrected chi connectivity index (χ0v) is 8.97. The van der Waals surface area contributed by atoms with Gasteiger partial charge in [0, 0.05) is 21.7 Å². The molecule has 0 fully saturated rings. The van der Waals surface area contributed by atoms with Gasteiger partial charge in [-0.25, -0.2) is 11.1 Å². The molecular formula is C10H15Ti-. The molecule has 1 aliphatic carbocycles. The maximum atomic E-state index is 3.30. The minimum atomic E-state index is 0. The molecule has 0 spiro atoms. The van der Waals surface area contributed by atoms with Gasteiger partial charge in [0.05, 0.1) is 0 Å². The van der Waals surface area contributed by atoms with Crippen molar-refractivity contribution >= 4 is 0 Å². The van der Waals surface area contributed by atoms with Crippen molar-refractivity contribution in [2.75, 3.05) is 0 Å². The Labute approximate surface area is 84.6 Å². The van der Waals surface area contributed by atoms with E-state index in [1.165, 1.54) is 30.4 Å². The number of hydrogen-bond acceptors (Lipinski definition) is 0. The summed E-state index contributed by atoms with van der Waals surface area (Å²) in [4.78, 5) is 0. The van der Waals surface area contributed by atoms with E-state index in [0.29, 0.717) is 0 Å². The third kappa shape index (κ3) is 3.40. The fourth-order valence-electron chi connectivity index (χ4n) is 1.21. The first-order valence-corrected chi connectivity index (χ1v) is 4.11. The van der Waals surface area contributed by atoms with Gasteiger partial charge in [-0.1, -0.05) is 32.6 Å². The minimum absolute atomic E-state index is 0. The molecule has 0 unspecified atom stereocenters. The van der Waals surface area contributed by atoms with Crippen LogP contribution >= 0.6 is 0 Å². The molecule has 0 saturated heterocycles. The average Bonchev–Trinajstić information content (AvgIpc) is 2.31. The van der Waals surface area contributed by atoms with Crippen molar-refractivity contribution < 1.29 is 21.7 Å². The van der Waals surface area contributed by atoms with Crippen molar-refractivity contribution in [3.05, 3.63) is 23.3 Å². The number of allylic oxidation sites excluding steroid dienone is 4. The van der Waals surface area contributed by atoms with Crippen LogP contribution in [0.5, 0.6) is 0 Å². The van der Waals surface area contributed by atoms with Crippen LogP contribution in [0.1, 0.15) is 39.5 Å². The van der Waals surface area contributed by atoms with Gasteiger partial charge in [-0.15, -0.1) is 6.92 Å². The maximum Gasteiger partial charge on any atom is 0 e. The normalized spacial score (nSPS) is 15.5. The first-order valence-electron chi connectivity index (χ1n) is 4.11. The van der Waals surface area contributed by atoms with Crippen LogP contribution in [0.4, 0.5) is 0 Å². The number of hydrogen-bond donors (Lipinski definition) is 0. The van der Waals surface area contributed by atoms with Crippen LogP contribution in [-0.2, 0) is 21.7 Å². The molecule has 0 heterocycles. The summed E-state index contributed by atoms with van der Waals surface area (Å²) in [6.07, 6.45) is 10.4. The molecule has 11 heavy (non-hydrogen) atoms. The predicted molar refractivity (Wildman–Crippen MR) is 44.7 cm³/mol. The van der Waals surface area contributed by atoms with Crippen molar-refractivity contribution in [1.82, 2.24) is 0 Å². The SMILES string of the molecule is CCCCC1=C(C)CC=[C-]1.[Ti]. The second-order valence-electron chi connectivity index (χ2n) is 2.92. The summed E-state index contributed by atoms with van der Waals surface area (Å²) in [5.74, 6) is 0. The van der Waals surface area contributed by atoms with Crippen molar-refractivity contribution in [3.63, 3.8) is 0 Å². The quantitative estimate of drug-likeness (QED) is 0.465. The first-order chi connectivity index (χ1) is 4.84. The summed E-state index contributed by atoms with van der Waals surface area (Å²) in [5.41, 5.74) is 2.98. The zero-order valence-electron chi connectivity index (χ0n) is 7.41. The fraction of sp³-hybridized carbons (Fsp3) is 0.600. The van der Waals surface area contributed by atoms with E-state index in [1.807, 2.05) is 0 Å². The van der Waals surface area contributed by atoms with Crippen LogP contribution in [0.2, 0.25) is 0 Å². The van der Waals surface area contributed by atoms with Gasteiger partial charge in [0.1, 0.15) is 0 Å². The van der Waals surface area contributed by atoms with Gasteiger partial charge in [0.15, 0.2) is 0 Å². The van der Waals surface area contributed by atoms with E-state index < -0.39 is 0 Å². The molecule has 0 bridgehead atoms. The summed E-state index contributed by atoms with van der Waals surface area (Å²) in [7, 11) is 0. The van der Waals surface area contributed by atoms with Gasteiger partial charge < -0.3 is 0 Å². The Morgan fingerprint density at radius 3 is 2.73 bits per heavy atom. The Bertz CT molecular complexity index is 166. The third-order valence-electron chi connectivity index (χ3n) is 1.98. The summed E-state index contributed by atoms with van der Waals surface area (Å²) >= 11 is 0. The van der Waals surface area contributed by atoms with Crippen molar-refractivity contribution in [2.24, 2.45) is 0 Å². The summed E-state index contributed by atoms with van der Waals surface area (Å²) in [6.45, 7) is 4.44. The summed E-state index contributed by atoms with van der Waals surface area (Å²) in [6, 6.07) is 0. The average molecular weight is 183 g/mol. The van der Waals surface area contributed by atoms with Crippen molar-refractivity contribution in [1.29, 1.82) is 0 Å². The summed E-state index contributed by atoms with van der Waals surface area (Å²) in [5, 5.41) is 0. The van der Waals surface area contributed by atoms with Crippen LogP contribution < -0.4 is 0 Å². The van der Waals surface area contributed by atoms with Crippen LogP contribution in [0.25, 0.3) is 0 Å². The number of rotatable bonds is 3. The first kappa shape index (κ1) is 11.2. The largest absolute Gasteiger partial charge is 0.253 e. The smallest absolute Gasteiger partial charge is 0 e. The van der Waals surface area contributed by atoms with Crippen molar-refractivity contribution in [3.8, 4) is 0 Å². The Morgan fingerprint density at radius 2 is 2.27 bits per heavy atom. The molecule has 1 heteroatoms. The Kier molecular flexibility index (Phi) is 5.90. The predicted octanol–water partition coefficient (Wildman–Crippen LogP) is 3.25. The van der Waals surface area contributed by atoms with Crippen LogP contribution in [0, 0.1) is 6.08 Å². The zero-order chi connectivity index (χ0) is 7.40. The molecule has 0 aromatic carbocycles. The number of unbranched alkanes of at least 4 members (excludes halogenated alkanes) is 1. The van der Waals surface area contributed by atoms with E-state index >= 15 is 0 Å². The molecule has 0 aromatic heterocycles. The second kappa shape index (κ2) is 5.80. The topological polar surface area (TPSA) is 0 Å². The van der Waals surface area contributed by atoms with Gasteiger partial charge >= 0.3 is 0 Å². The standard InChI is InChI=1S/C10H15.Ti/c1-3-4-7-10-8-5-6-9(10)2;/h5H,3-4,6-7H2,1-2H3;/q-1;. The van der Waals surface area contributed by atoms with E-state index in [9.17, 15) is 0 Å². The molecule has 0 atom stereocenters. The second-order valence-corrected chi connectivity index (χ2v) is 2.92. The molecule has 1 aliphatic rings. The third-order valence-corrected chi connectivity index (χ3v) is 1.98. The molecule has 0 saturated carbocycles. The van der Waals surface area contributed by atoms with Crippen LogP contribution in [0.3, 0.4) is 0 Å².